The average Bonchev–Trinajstić information content (AvgIpc) is 2.88. The maximum Gasteiger partial charge on any atom is 0.344 e. The molecule has 0 aliphatic heterocycles. The van der Waals surface area contributed by atoms with Crippen LogP contribution in [-0.4, -0.2) is 27.3 Å². The van der Waals surface area contributed by atoms with Crippen molar-refractivity contribution in [3.8, 4) is 11.4 Å². The molecule has 0 unspecified atom stereocenters. The number of nitrogens with one attached hydrogen (secondary N) is 2. The Bertz CT molecular complexity index is 777. The highest BCUT2D eigenvalue weighted by molar-refractivity contribution is 6.33. The predicted molar refractivity (Wildman–Crippen MR) is 86.1 cm³/mol. The molecule has 1 aromatic heterocycles. The molecule has 0 atom stereocenters. The molecule has 6 nitrogen and oxygen atoms in total. The molecule has 124 valence electrons. The van der Waals surface area contributed by atoms with E-state index in [4.69, 9.17) is 11.6 Å². The van der Waals surface area contributed by atoms with Crippen molar-refractivity contribution >= 4 is 17.5 Å². The van der Waals surface area contributed by atoms with E-state index in [2.05, 4.69) is 15.4 Å². The number of hydrogen-bond donors (Lipinski definition) is 2. The van der Waals surface area contributed by atoms with E-state index in [1.807, 2.05) is 20.8 Å². The second kappa shape index (κ2) is 6.54. The van der Waals surface area contributed by atoms with Gasteiger partial charge in [0.05, 0.1) is 10.6 Å². The molecular weight excluding hydrogens is 323 g/mol. The maximum absolute atomic E-state index is 12.2. The van der Waals surface area contributed by atoms with Crippen molar-refractivity contribution in [1.29, 1.82) is 0 Å². The molecule has 0 bridgehead atoms. The molecular formula is C15H18ClFN4O2. The lowest BCUT2D eigenvalue weighted by Crippen LogP contribution is -2.33. The Morgan fingerprint density at radius 2 is 2.13 bits per heavy atom. The van der Waals surface area contributed by atoms with Crippen molar-refractivity contribution < 1.29 is 9.18 Å². The number of nitrogens with zero attached hydrogens (tertiary/aromatic N) is 2. The van der Waals surface area contributed by atoms with Crippen molar-refractivity contribution in [2.24, 2.45) is 0 Å². The van der Waals surface area contributed by atoms with Gasteiger partial charge in [0.25, 0.3) is 5.91 Å². The van der Waals surface area contributed by atoms with Crippen LogP contribution in [0.4, 0.5) is 4.39 Å². The van der Waals surface area contributed by atoms with Crippen LogP contribution < -0.4 is 11.0 Å². The van der Waals surface area contributed by atoms with E-state index in [0.717, 1.165) is 5.56 Å². The fourth-order valence-corrected chi connectivity index (χ4v) is 2.22. The summed E-state index contributed by atoms with van der Waals surface area (Å²) in [5, 5.41) is 7.13. The number of amides is 1. The van der Waals surface area contributed by atoms with Crippen LogP contribution in [0.2, 0.25) is 5.02 Å². The molecule has 0 radical (unpaired) electrons. The molecule has 1 amide bonds. The van der Waals surface area contributed by atoms with Gasteiger partial charge in [-0.2, -0.15) is 0 Å². The Balaban J connectivity index is 2.36. The lowest BCUT2D eigenvalue weighted by Gasteiger charge is -2.16. The minimum atomic E-state index is -1.07. The van der Waals surface area contributed by atoms with Gasteiger partial charge < -0.3 is 5.32 Å². The summed E-state index contributed by atoms with van der Waals surface area (Å²) in [6.45, 7) is 4.69. The molecule has 0 spiro atoms. The second-order valence-corrected chi connectivity index (χ2v) is 6.49. The summed E-state index contributed by atoms with van der Waals surface area (Å²) in [4.78, 5) is 25.7. The summed E-state index contributed by atoms with van der Waals surface area (Å²) in [7, 11) is 0. The Morgan fingerprint density at radius 1 is 1.43 bits per heavy atom. The Kier molecular flexibility index (Phi) is 4.89. The third kappa shape index (κ3) is 3.98. The molecule has 0 aliphatic rings. The molecule has 2 aromatic rings. The normalized spacial score (nSPS) is 11.5. The zero-order valence-electron chi connectivity index (χ0n) is 13.1. The smallest absolute Gasteiger partial charge is 0.344 e. The van der Waals surface area contributed by atoms with E-state index >= 15 is 0 Å². The molecule has 0 saturated carbocycles. The Morgan fingerprint density at radius 3 is 2.70 bits per heavy atom. The number of aromatic nitrogens is 3. The lowest BCUT2D eigenvalue weighted by molar-refractivity contribution is -0.122. The largest absolute Gasteiger partial charge is 0.350 e. The SMILES string of the molecule is CC(C)(C)n1nc(-c2cc(CNC(=O)CF)ccc2Cl)[nH]c1=O. The standard InChI is InChI=1S/C15H18ClFN4O2/c1-15(2,3)21-14(23)19-13(20-21)10-6-9(4-5-11(10)16)8-18-12(22)7-17/h4-6H,7-8H2,1-3H3,(H,18,22)(H,19,20,23). The number of rotatable bonds is 4. The topological polar surface area (TPSA) is 79.8 Å². The van der Waals surface area contributed by atoms with Crippen LogP contribution in [-0.2, 0) is 16.9 Å². The minimum absolute atomic E-state index is 0.164. The molecule has 23 heavy (non-hydrogen) atoms. The summed E-state index contributed by atoms with van der Waals surface area (Å²) >= 11 is 6.18. The van der Waals surface area contributed by atoms with Crippen molar-refractivity contribution in [3.63, 3.8) is 0 Å². The molecule has 1 heterocycles. The van der Waals surface area contributed by atoms with Gasteiger partial charge in [0.15, 0.2) is 12.5 Å². The summed E-state index contributed by atoms with van der Waals surface area (Å²) < 4.78 is 13.5. The van der Waals surface area contributed by atoms with Crippen LogP contribution in [0, 0.1) is 0 Å². The summed E-state index contributed by atoms with van der Waals surface area (Å²) in [5.74, 6) is -0.347. The monoisotopic (exact) mass is 340 g/mol. The van der Waals surface area contributed by atoms with Crippen molar-refractivity contribution in [2.45, 2.75) is 32.9 Å². The fourth-order valence-electron chi connectivity index (χ4n) is 2.01. The molecule has 0 saturated heterocycles. The van der Waals surface area contributed by atoms with Gasteiger partial charge in [0.2, 0.25) is 0 Å². The van der Waals surface area contributed by atoms with Crippen LogP contribution in [0.1, 0.15) is 26.3 Å². The second-order valence-electron chi connectivity index (χ2n) is 6.09. The number of carbonyl (C=O) groups is 1. The van der Waals surface area contributed by atoms with E-state index in [1.165, 1.54) is 4.68 Å². The lowest BCUT2D eigenvalue weighted by atomic mass is 10.1. The van der Waals surface area contributed by atoms with E-state index in [0.29, 0.717) is 16.4 Å². The van der Waals surface area contributed by atoms with Gasteiger partial charge in [0.1, 0.15) is 0 Å². The molecule has 2 rings (SSSR count). The first kappa shape index (κ1) is 17.2. The van der Waals surface area contributed by atoms with Crippen LogP contribution in [0.5, 0.6) is 0 Å². The zero-order chi connectivity index (χ0) is 17.2. The number of benzene rings is 1. The van der Waals surface area contributed by atoms with Gasteiger partial charge in [-0.25, -0.2) is 13.9 Å². The van der Waals surface area contributed by atoms with Crippen LogP contribution >= 0.6 is 11.6 Å². The zero-order valence-corrected chi connectivity index (χ0v) is 13.9. The Labute approximate surface area is 137 Å². The third-order valence-electron chi connectivity index (χ3n) is 3.15. The van der Waals surface area contributed by atoms with Gasteiger partial charge in [-0.1, -0.05) is 17.7 Å². The van der Waals surface area contributed by atoms with Gasteiger partial charge in [-0.3, -0.25) is 9.78 Å². The maximum atomic E-state index is 12.2. The number of hydrogen-bond acceptors (Lipinski definition) is 3. The first-order valence-electron chi connectivity index (χ1n) is 7.03. The van der Waals surface area contributed by atoms with Crippen molar-refractivity contribution in [2.75, 3.05) is 6.67 Å². The number of H-pyrrole nitrogens is 1. The summed E-state index contributed by atoms with van der Waals surface area (Å²) in [5.41, 5.74) is 0.459. The van der Waals surface area contributed by atoms with Gasteiger partial charge in [-0.15, -0.1) is 5.10 Å². The van der Waals surface area contributed by atoms with Gasteiger partial charge in [0, 0.05) is 12.1 Å². The molecule has 0 fully saturated rings. The average molecular weight is 341 g/mol. The third-order valence-corrected chi connectivity index (χ3v) is 3.48. The van der Waals surface area contributed by atoms with E-state index in [-0.39, 0.29) is 12.2 Å². The summed E-state index contributed by atoms with van der Waals surface area (Å²) in [6, 6.07) is 5.05. The van der Waals surface area contributed by atoms with Crippen LogP contribution in [0.15, 0.2) is 23.0 Å². The summed E-state index contributed by atoms with van der Waals surface area (Å²) in [6.07, 6.45) is 0. The Hall–Kier alpha value is -2.15. The fraction of sp³-hybridized carbons (Fsp3) is 0.400. The van der Waals surface area contributed by atoms with Crippen LogP contribution in [0.3, 0.4) is 0 Å². The van der Waals surface area contributed by atoms with Crippen molar-refractivity contribution in [1.82, 2.24) is 20.1 Å². The van der Waals surface area contributed by atoms with Gasteiger partial charge in [-0.05, 0) is 38.5 Å². The van der Waals surface area contributed by atoms with E-state index < -0.39 is 18.1 Å². The number of aromatic amines is 1. The molecule has 1 aromatic carbocycles. The number of alkyl halides is 1. The highest BCUT2D eigenvalue weighted by atomic mass is 35.5. The minimum Gasteiger partial charge on any atom is -0.350 e. The molecule has 2 N–H and O–H groups in total. The van der Waals surface area contributed by atoms with E-state index in [9.17, 15) is 14.0 Å². The van der Waals surface area contributed by atoms with Crippen molar-refractivity contribution in [3.05, 3.63) is 39.3 Å². The number of carbonyl (C=O) groups excluding carboxylic acids is 1. The first-order chi connectivity index (χ1) is 10.7. The highest BCUT2D eigenvalue weighted by Crippen LogP contribution is 2.26. The van der Waals surface area contributed by atoms with Gasteiger partial charge >= 0.3 is 5.69 Å². The number of halogens is 2. The molecule has 8 heteroatoms. The highest BCUT2D eigenvalue weighted by Gasteiger charge is 2.20. The van der Waals surface area contributed by atoms with E-state index in [1.54, 1.807) is 18.2 Å². The quantitative estimate of drug-likeness (QED) is 0.895. The van der Waals surface area contributed by atoms with Crippen LogP contribution in [0.25, 0.3) is 11.4 Å². The molecule has 0 aliphatic carbocycles. The predicted octanol–water partition coefficient (Wildman–Crippen LogP) is 2.23. The first-order valence-corrected chi connectivity index (χ1v) is 7.41.